The molecule has 88 valence electrons. The summed E-state index contributed by atoms with van der Waals surface area (Å²) < 4.78 is 0. The lowest BCUT2D eigenvalue weighted by Gasteiger charge is -2.09. The highest BCUT2D eigenvalue weighted by Crippen LogP contribution is 2.21. The van der Waals surface area contributed by atoms with E-state index in [0.29, 0.717) is 0 Å². The van der Waals surface area contributed by atoms with E-state index in [2.05, 4.69) is 48.4 Å². The first-order valence-corrected chi connectivity index (χ1v) is 6.29. The third-order valence-corrected chi connectivity index (χ3v) is 2.78. The zero-order valence-corrected chi connectivity index (χ0v) is 10.7. The molecule has 16 heavy (non-hydrogen) atoms. The van der Waals surface area contributed by atoms with Gasteiger partial charge in [-0.2, -0.15) is 0 Å². The Kier molecular flexibility index (Phi) is 5.87. The Hall–Kier alpha value is -1.08. The molecular formula is C15H23N. The summed E-state index contributed by atoms with van der Waals surface area (Å²) in [5.41, 5.74) is 2.90. The third kappa shape index (κ3) is 3.82. The highest BCUT2D eigenvalue weighted by Gasteiger charge is 2.06. The van der Waals surface area contributed by atoms with E-state index in [1.165, 1.54) is 30.5 Å². The lowest BCUT2D eigenvalue weighted by atomic mass is 10.0. The summed E-state index contributed by atoms with van der Waals surface area (Å²) in [5.74, 6) is 0. The van der Waals surface area contributed by atoms with Crippen molar-refractivity contribution < 1.29 is 0 Å². The predicted octanol–water partition coefficient (Wildman–Crippen LogP) is 3.82. The van der Waals surface area contributed by atoms with E-state index < -0.39 is 0 Å². The van der Waals surface area contributed by atoms with Gasteiger partial charge in [-0.25, -0.2) is 0 Å². The van der Waals surface area contributed by atoms with Crippen molar-refractivity contribution in [2.24, 2.45) is 0 Å². The lowest BCUT2D eigenvalue weighted by Crippen LogP contribution is -2.17. The van der Waals surface area contributed by atoms with Crippen molar-refractivity contribution >= 4 is 5.57 Å². The zero-order chi connectivity index (χ0) is 11.8. The molecule has 1 nitrogen and oxygen atoms in total. The summed E-state index contributed by atoms with van der Waals surface area (Å²) in [6.07, 6.45) is 4.86. The number of nitrogens with zero attached hydrogens (tertiary/aromatic N) is 1. The van der Waals surface area contributed by atoms with E-state index in [4.69, 9.17) is 0 Å². The topological polar surface area (TPSA) is 3.24 Å². The van der Waals surface area contributed by atoms with Crippen LogP contribution >= 0.6 is 0 Å². The molecule has 0 N–H and O–H groups in total. The van der Waals surface area contributed by atoms with Crippen molar-refractivity contribution in [2.45, 2.75) is 26.7 Å². The molecule has 1 heteroatoms. The second-order valence-corrected chi connectivity index (χ2v) is 3.96. The Labute approximate surface area is 99.8 Å². The molecule has 0 radical (unpaired) electrons. The van der Waals surface area contributed by atoms with Crippen molar-refractivity contribution in [1.29, 1.82) is 0 Å². The highest BCUT2D eigenvalue weighted by atomic mass is 15.1. The first-order chi connectivity index (χ1) is 7.86. The molecule has 0 amide bonds. The lowest BCUT2D eigenvalue weighted by molar-refractivity contribution is 0.372. The minimum Gasteiger partial charge on any atom is -0.303 e. The first kappa shape index (κ1) is 13.0. The van der Waals surface area contributed by atoms with Crippen LogP contribution in [0, 0.1) is 0 Å². The van der Waals surface area contributed by atoms with Crippen LogP contribution in [0.25, 0.3) is 5.57 Å². The van der Waals surface area contributed by atoms with E-state index in [-0.39, 0.29) is 0 Å². The van der Waals surface area contributed by atoms with Crippen LogP contribution in [0.1, 0.15) is 32.3 Å². The molecule has 0 aliphatic carbocycles. The monoisotopic (exact) mass is 217 g/mol. The van der Waals surface area contributed by atoms with Crippen molar-refractivity contribution in [3.63, 3.8) is 0 Å². The van der Waals surface area contributed by atoms with Crippen LogP contribution in [0.2, 0.25) is 0 Å². The van der Waals surface area contributed by atoms with Gasteiger partial charge in [0.05, 0.1) is 0 Å². The molecule has 1 aliphatic rings. The van der Waals surface area contributed by atoms with Crippen LogP contribution in [0.15, 0.2) is 36.4 Å². The molecule has 1 aliphatic heterocycles. The fraction of sp³-hybridized carbons (Fsp3) is 0.467. The minimum absolute atomic E-state index is 1.09. The molecule has 1 aromatic carbocycles. The number of hydrogen-bond acceptors (Lipinski definition) is 1. The predicted molar refractivity (Wildman–Crippen MR) is 72.5 cm³/mol. The van der Waals surface area contributed by atoms with Gasteiger partial charge in [0, 0.05) is 6.54 Å². The molecule has 0 saturated heterocycles. The Bertz CT molecular complexity index is 313. The standard InChI is InChI=1S/C13H17N.C2H6/c1-14-10-5-8-13(9-11-14)12-6-3-2-4-7-12;1-2/h2-4,6-7,9H,5,8,10-11H2,1H3;1-2H3. The van der Waals surface area contributed by atoms with Gasteiger partial charge in [0.15, 0.2) is 0 Å². The smallest absolute Gasteiger partial charge is 0.0166 e. The maximum absolute atomic E-state index is 2.37. The van der Waals surface area contributed by atoms with Gasteiger partial charge < -0.3 is 4.90 Å². The summed E-state index contributed by atoms with van der Waals surface area (Å²) in [7, 11) is 2.18. The van der Waals surface area contributed by atoms with Crippen molar-refractivity contribution in [1.82, 2.24) is 4.90 Å². The molecule has 1 heterocycles. The molecule has 0 atom stereocenters. The van der Waals surface area contributed by atoms with Crippen molar-refractivity contribution in [2.75, 3.05) is 20.1 Å². The maximum Gasteiger partial charge on any atom is 0.0166 e. The van der Waals surface area contributed by atoms with Gasteiger partial charge in [-0.1, -0.05) is 50.3 Å². The summed E-state index contributed by atoms with van der Waals surface area (Å²) >= 11 is 0. The van der Waals surface area contributed by atoms with Crippen LogP contribution in [-0.4, -0.2) is 25.0 Å². The second kappa shape index (κ2) is 7.24. The third-order valence-electron chi connectivity index (χ3n) is 2.78. The van der Waals surface area contributed by atoms with Gasteiger partial charge in [-0.3, -0.25) is 0 Å². The largest absolute Gasteiger partial charge is 0.303 e. The summed E-state index contributed by atoms with van der Waals surface area (Å²) in [5, 5.41) is 0. The van der Waals surface area contributed by atoms with Crippen LogP contribution < -0.4 is 0 Å². The molecule has 0 spiro atoms. The van der Waals surface area contributed by atoms with Gasteiger partial charge in [-0.05, 0) is 37.6 Å². The fourth-order valence-corrected chi connectivity index (χ4v) is 1.91. The molecule has 1 aromatic rings. The number of allylic oxidation sites excluding steroid dienone is 1. The summed E-state index contributed by atoms with van der Waals surface area (Å²) in [6, 6.07) is 10.7. The Morgan fingerprint density at radius 3 is 2.44 bits per heavy atom. The number of rotatable bonds is 1. The first-order valence-electron chi connectivity index (χ1n) is 6.29. The molecule has 0 bridgehead atoms. The van der Waals surface area contributed by atoms with E-state index in [0.717, 1.165) is 6.54 Å². The Morgan fingerprint density at radius 1 is 1.06 bits per heavy atom. The quantitative estimate of drug-likeness (QED) is 0.691. The van der Waals surface area contributed by atoms with Crippen LogP contribution in [-0.2, 0) is 0 Å². The van der Waals surface area contributed by atoms with E-state index >= 15 is 0 Å². The normalized spacial score (nSPS) is 16.8. The fourth-order valence-electron chi connectivity index (χ4n) is 1.91. The zero-order valence-electron chi connectivity index (χ0n) is 10.7. The van der Waals surface area contributed by atoms with Crippen molar-refractivity contribution in [3.8, 4) is 0 Å². The van der Waals surface area contributed by atoms with Crippen molar-refractivity contribution in [3.05, 3.63) is 42.0 Å². The SMILES string of the molecule is CC.CN1CC=C(c2ccccc2)CCC1. The van der Waals surface area contributed by atoms with Gasteiger partial charge >= 0.3 is 0 Å². The van der Waals surface area contributed by atoms with Gasteiger partial charge in [-0.15, -0.1) is 0 Å². The highest BCUT2D eigenvalue weighted by molar-refractivity contribution is 5.65. The molecule has 0 saturated carbocycles. The summed E-state index contributed by atoms with van der Waals surface area (Å²) in [4.78, 5) is 2.37. The maximum atomic E-state index is 2.37. The summed E-state index contributed by atoms with van der Waals surface area (Å²) in [6.45, 7) is 6.30. The molecular weight excluding hydrogens is 194 g/mol. The van der Waals surface area contributed by atoms with Crippen LogP contribution in [0.5, 0.6) is 0 Å². The number of hydrogen-bond donors (Lipinski definition) is 0. The average molecular weight is 217 g/mol. The van der Waals surface area contributed by atoms with E-state index in [9.17, 15) is 0 Å². The van der Waals surface area contributed by atoms with Crippen LogP contribution in [0.3, 0.4) is 0 Å². The van der Waals surface area contributed by atoms with Gasteiger partial charge in [0.25, 0.3) is 0 Å². The van der Waals surface area contributed by atoms with Gasteiger partial charge in [0.1, 0.15) is 0 Å². The number of benzene rings is 1. The van der Waals surface area contributed by atoms with Crippen LogP contribution in [0.4, 0.5) is 0 Å². The Morgan fingerprint density at radius 2 is 1.75 bits per heavy atom. The second-order valence-electron chi connectivity index (χ2n) is 3.96. The average Bonchev–Trinajstić information content (AvgIpc) is 2.58. The Balaban J connectivity index is 0.000000606. The van der Waals surface area contributed by atoms with E-state index in [1.807, 2.05) is 13.8 Å². The minimum atomic E-state index is 1.09. The molecule has 2 rings (SSSR count). The molecule has 0 fully saturated rings. The number of likely N-dealkylation sites (N-methyl/N-ethyl adjacent to an activating group) is 1. The van der Waals surface area contributed by atoms with E-state index in [1.54, 1.807) is 0 Å². The molecule has 0 aromatic heterocycles. The molecule has 0 unspecified atom stereocenters. The van der Waals surface area contributed by atoms with Gasteiger partial charge in [0.2, 0.25) is 0 Å².